The van der Waals surface area contributed by atoms with Crippen LogP contribution in [0.15, 0.2) is 6.07 Å². The monoisotopic (exact) mass is 276 g/mol. The van der Waals surface area contributed by atoms with E-state index >= 15 is 0 Å². The zero-order chi connectivity index (χ0) is 15.1. The van der Waals surface area contributed by atoms with Crippen LogP contribution >= 0.6 is 0 Å². The van der Waals surface area contributed by atoms with Crippen molar-refractivity contribution < 1.29 is 9.53 Å². The Morgan fingerprint density at radius 1 is 1.40 bits per heavy atom. The molecule has 1 aromatic heterocycles. The average Bonchev–Trinajstić information content (AvgIpc) is 2.66. The number of anilines is 2. The Bertz CT molecular complexity index is 668. The quantitative estimate of drug-likeness (QED) is 0.698. The molecule has 1 amide bonds. The molecule has 4 N–H and O–H groups in total. The summed E-state index contributed by atoms with van der Waals surface area (Å²) in [7, 11) is 0. The Labute approximate surface area is 117 Å². The third-order valence-electron chi connectivity index (χ3n) is 2.90. The average molecular weight is 276 g/mol. The number of benzene rings is 1. The molecule has 6 nitrogen and oxygen atoms in total. The second-order valence-corrected chi connectivity index (χ2v) is 5.84. The van der Waals surface area contributed by atoms with E-state index in [-0.39, 0.29) is 0 Å². The molecule has 0 spiro atoms. The topological polar surface area (TPSA) is 93.0 Å². The van der Waals surface area contributed by atoms with Crippen molar-refractivity contribution in [2.24, 2.45) is 0 Å². The molecule has 0 atom stereocenters. The first-order chi connectivity index (χ1) is 9.17. The summed E-state index contributed by atoms with van der Waals surface area (Å²) in [6, 6.07) is 1.91. The van der Waals surface area contributed by atoms with Crippen molar-refractivity contribution >= 4 is 28.8 Å². The highest BCUT2D eigenvalue weighted by Gasteiger charge is 2.18. The third kappa shape index (κ3) is 2.84. The fourth-order valence-corrected chi connectivity index (χ4v) is 1.95. The van der Waals surface area contributed by atoms with Crippen molar-refractivity contribution in [2.45, 2.75) is 40.2 Å². The molecule has 0 radical (unpaired) electrons. The van der Waals surface area contributed by atoms with Crippen molar-refractivity contribution in [2.75, 3.05) is 11.1 Å². The van der Waals surface area contributed by atoms with Crippen LogP contribution in [0.3, 0.4) is 0 Å². The molecule has 108 valence electrons. The predicted octanol–water partition coefficient (Wildman–Crippen LogP) is 3.11. The van der Waals surface area contributed by atoms with E-state index < -0.39 is 11.7 Å². The molecule has 0 fully saturated rings. The molecule has 6 heteroatoms. The highest BCUT2D eigenvalue weighted by atomic mass is 16.6. The van der Waals surface area contributed by atoms with E-state index in [0.717, 1.165) is 22.2 Å². The highest BCUT2D eigenvalue weighted by Crippen LogP contribution is 2.26. The van der Waals surface area contributed by atoms with Gasteiger partial charge in [0, 0.05) is 11.3 Å². The number of aryl methyl sites for hydroxylation is 2. The molecule has 1 aromatic carbocycles. The lowest BCUT2D eigenvalue weighted by atomic mass is 10.1. The van der Waals surface area contributed by atoms with Crippen LogP contribution in [-0.4, -0.2) is 21.7 Å². The van der Waals surface area contributed by atoms with Crippen LogP contribution in [0.2, 0.25) is 0 Å². The number of carbonyl (C=O) groups excluding carboxylic acids is 1. The van der Waals surface area contributed by atoms with Crippen LogP contribution in [0.25, 0.3) is 11.0 Å². The van der Waals surface area contributed by atoms with E-state index in [4.69, 9.17) is 10.5 Å². The molecule has 20 heavy (non-hydrogen) atoms. The number of rotatable bonds is 1. The fourth-order valence-electron chi connectivity index (χ4n) is 1.95. The molecule has 0 saturated carbocycles. The van der Waals surface area contributed by atoms with Gasteiger partial charge in [-0.2, -0.15) is 0 Å². The number of nitrogens with two attached hydrogens (primary N) is 1. The van der Waals surface area contributed by atoms with Gasteiger partial charge in [0.15, 0.2) is 0 Å². The molecule has 0 aliphatic carbocycles. The Hall–Kier alpha value is -2.24. The van der Waals surface area contributed by atoms with E-state index in [1.54, 1.807) is 20.8 Å². The van der Waals surface area contributed by atoms with Crippen LogP contribution in [0.5, 0.6) is 0 Å². The first kappa shape index (κ1) is 14.2. The number of nitrogens with one attached hydrogen (secondary N) is 2. The second-order valence-electron chi connectivity index (χ2n) is 5.84. The Balaban J connectivity index is 2.29. The number of hydrogen-bond acceptors (Lipinski definition) is 4. The lowest BCUT2D eigenvalue weighted by Gasteiger charge is -2.18. The van der Waals surface area contributed by atoms with Gasteiger partial charge < -0.3 is 15.5 Å². The molecule has 0 bridgehead atoms. The van der Waals surface area contributed by atoms with Gasteiger partial charge in [-0.25, -0.2) is 9.78 Å². The van der Waals surface area contributed by atoms with Gasteiger partial charge in [-0.05, 0) is 46.2 Å². The lowest BCUT2D eigenvalue weighted by molar-refractivity contribution is 0.0635. The van der Waals surface area contributed by atoms with Crippen LogP contribution in [0.4, 0.5) is 16.4 Å². The molecule has 2 rings (SSSR count). The first-order valence-electron chi connectivity index (χ1n) is 6.43. The molecule has 0 aliphatic rings. The van der Waals surface area contributed by atoms with Gasteiger partial charge in [-0.3, -0.25) is 5.32 Å². The van der Waals surface area contributed by atoms with E-state index in [2.05, 4.69) is 15.3 Å². The van der Waals surface area contributed by atoms with Crippen LogP contribution in [-0.2, 0) is 4.74 Å². The van der Waals surface area contributed by atoms with Gasteiger partial charge in [0.25, 0.3) is 0 Å². The maximum atomic E-state index is 11.7. The van der Waals surface area contributed by atoms with E-state index in [9.17, 15) is 4.79 Å². The number of fused-ring (bicyclic) bond motifs is 1. The maximum Gasteiger partial charge on any atom is 0.414 e. The van der Waals surface area contributed by atoms with Gasteiger partial charge in [-0.1, -0.05) is 0 Å². The van der Waals surface area contributed by atoms with E-state index in [0.29, 0.717) is 11.6 Å². The molecular weight excluding hydrogens is 256 g/mol. The number of hydrogen-bond donors (Lipinski definition) is 3. The number of imidazole rings is 1. The summed E-state index contributed by atoms with van der Waals surface area (Å²) in [5.74, 6) is 0.349. The summed E-state index contributed by atoms with van der Waals surface area (Å²) in [6.07, 6.45) is -0.543. The number of aromatic nitrogens is 2. The molecule has 0 unspecified atom stereocenters. The van der Waals surface area contributed by atoms with Gasteiger partial charge in [0.05, 0.1) is 11.0 Å². The summed E-state index contributed by atoms with van der Waals surface area (Å²) in [5.41, 5.74) is 9.60. The van der Waals surface area contributed by atoms with Gasteiger partial charge >= 0.3 is 6.09 Å². The largest absolute Gasteiger partial charge is 0.444 e. The van der Waals surface area contributed by atoms with Crippen molar-refractivity contribution in [3.63, 3.8) is 0 Å². The number of H-pyrrole nitrogens is 1. The molecule has 2 aromatic rings. The molecular formula is C14H20N4O2. The zero-order valence-corrected chi connectivity index (χ0v) is 12.4. The number of nitrogens with zero attached hydrogens (tertiary/aromatic N) is 1. The van der Waals surface area contributed by atoms with Crippen LogP contribution < -0.4 is 11.1 Å². The standard InChI is InChI=1S/C14H20N4O2/c1-7-6-9-11(8(2)10(7)15)17-12(16-9)18-13(19)20-14(3,4)5/h6H,15H2,1-5H3,(H2,16,17,18,19). The number of nitrogen functional groups attached to an aromatic ring is 1. The minimum atomic E-state index is -0.549. The molecule has 0 saturated heterocycles. The normalized spacial score (nSPS) is 11.7. The Morgan fingerprint density at radius 2 is 2.05 bits per heavy atom. The van der Waals surface area contributed by atoms with Crippen molar-refractivity contribution in [3.05, 3.63) is 17.2 Å². The van der Waals surface area contributed by atoms with Crippen molar-refractivity contribution in [3.8, 4) is 0 Å². The van der Waals surface area contributed by atoms with E-state index in [1.165, 1.54) is 0 Å². The Kier molecular flexibility index (Phi) is 3.33. The molecule has 1 heterocycles. The number of aromatic amines is 1. The summed E-state index contributed by atoms with van der Waals surface area (Å²) in [5, 5.41) is 2.59. The highest BCUT2D eigenvalue weighted by molar-refractivity contribution is 5.90. The van der Waals surface area contributed by atoms with Crippen molar-refractivity contribution in [1.29, 1.82) is 0 Å². The first-order valence-corrected chi connectivity index (χ1v) is 6.43. The maximum absolute atomic E-state index is 11.7. The smallest absolute Gasteiger partial charge is 0.414 e. The van der Waals surface area contributed by atoms with E-state index in [1.807, 2.05) is 19.9 Å². The number of amides is 1. The minimum absolute atomic E-state index is 0.349. The molecule has 0 aliphatic heterocycles. The van der Waals surface area contributed by atoms with Gasteiger partial charge in [0.1, 0.15) is 5.60 Å². The Morgan fingerprint density at radius 3 is 2.65 bits per heavy atom. The number of ether oxygens (including phenoxy) is 1. The summed E-state index contributed by atoms with van der Waals surface area (Å²) in [6.45, 7) is 9.25. The van der Waals surface area contributed by atoms with Crippen molar-refractivity contribution in [1.82, 2.24) is 9.97 Å². The predicted molar refractivity (Wildman–Crippen MR) is 79.8 cm³/mol. The fraction of sp³-hybridized carbons (Fsp3) is 0.429. The third-order valence-corrected chi connectivity index (χ3v) is 2.90. The summed E-state index contributed by atoms with van der Waals surface area (Å²) >= 11 is 0. The minimum Gasteiger partial charge on any atom is -0.444 e. The second kappa shape index (κ2) is 4.70. The summed E-state index contributed by atoms with van der Waals surface area (Å²) in [4.78, 5) is 19.1. The van der Waals surface area contributed by atoms with Crippen LogP contribution in [0, 0.1) is 13.8 Å². The van der Waals surface area contributed by atoms with Gasteiger partial charge in [0.2, 0.25) is 5.95 Å². The van der Waals surface area contributed by atoms with Gasteiger partial charge in [-0.15, -0.1) is 0 Å². The lowest BCUT2D eigenvalue weighted by Crippen LogP contribution is -2.27. The summed E-state index contributed by atoms with van der Waals surface area (Å²) < 4.78 is 5.18. The SMILES string of the molecule is Cc1cc2[nH]c(NC(=O)OC(C)(C)C)nc2c(C)c1N. The zero-order valence-electron chi connectivity index (χ0n) is 12.4. The number of carbonyl (C=O) groups is 1. The van der Waals surface area contributed by atoms with Crippen LogP contribution in [0.1, 0.15) is 31.9 Å².